The zero-order chi connectivity index (χ0) is 15.5. The van der Waals surface area contributed by atoms with Crippen LogP contribution in [0.15, 0.2) is 35.3 Å². The molecule has 0 atom stereocenters. The molecule has 0 bridgehead atoms. The number of hydrogen-bond donors (Lipinski definition) is 1. The molecule has 9 heteroatoms. The lowest BCUT2D eigenvalue weighted by Gasteiger charge is -2.12. The van der Waals surface area contributed by atoms with Gasteiger partial charge in [-0.25, -0.2) is 14.3 Å². The second kappa shape index (κ2) is 5.80. The van der Waals surface area contributed by atoms with Crippen molar-refractivity contribution >= 4 is 0 Å². The van der Waals surface area contributed by atoms with E-state index in [-0.39, 0.29) is 6.61 Å². The number of benzene rings is 1. The molecular weight excluding hydrogens is 291 g/mol. The zero-order valence-electron chi connectivity index (χ0n) is 11.7. The zero-order valence-corrected chi connectivity index (χ0v) is 11.7. The molecule has 1 N–H and O–H groups in total. The van der Waals surface area contributed by atoms with Crippen molar-refractivity contribution in [3.05, 3.63) is 52.1 Å². The second-order valence-corrected chi connectivity index (χ2v) is 4.55. The Kier molecular flexibility index (Phi) is 3.69. The number of rotatable bonds is 5. The molecule has 0 saturated carbocycles. The highest BCUT2D eigenvalue weighted by Gasteiger charge is 2.15. The van der Waals surface area contributed by atoms with Crippen LogP contribution in [0.1, 0.15) is 11.1 Å². The van der Waals surface area contributed by atoms with Crippen LogP contribution in [0.5, 0.6) is 5.88 Å². The molecule has 0 unspecified atom stereocenters. The molecule has 22 heavy (non-hydrogen) atoms. The SMILES string of the molecule is Cn1nnn(-c2cccc(CF)c2COc2ccn[nH]2)c1=O. The van der Waals surface area contributed by atoms with Crippen molar-refractivity contribution in [1.29, 1.82) is 0 Å². The van der Waals surface area contributed by atoms with Crippen LogP contribution in [0.2, 0.25) is 0 Å². The van der Waals surface area contributed by atoms with Crippen molar-refractivity contribution in [2.45, 2.75) is 13.3 Å². The number of hydrogen-bond acceptors (Lipinski definition) is 5. The van der Waals surface area contributed by atoms with Crippen LogP contribution in [-0.4, -0.2) is 30.0 Å². The molecule has 0 aliphatic heterocycles. The first-order valence-corrected chi connectivity index (χ1v) is 6.49. The molecule has 2 heterocycles. The highest BCUT2D eigenvalue weighted by atomic mass is 19.1. The summed E-state index contributed by atoms with van der Waals surface area (Å²) in [6, 6.07) is 6.61. The van der Waals surface area contributed by atoms with Gasteiger partial charge in [0, 0.05) is 18.7 Å². The van der Waals surface area contributed by atoms with E-state index in [0.717, 1.165) is 9.36 Å². The first kappa shape index (κ1) is 14.0. The van der Waals surface area contributed by atoms with Gasteiger partial charge in [0.1, 0.15) is 13.3 Å². The maximum absolute atomic E-state index is 13.2. The predicted octanol–water partition coefficient (Wildman–Crippen LogP) is 0.738. The van der Waals surface area contributed by atoms with Crippen LogP contribution < -0.4 is 10.4 Å². The third kappa shape index (κ3) is 2.48. The monoisotopic (exact) mass is 304 g/mol. The van der Waals surface area contributed by atoms with E-state index in [4.69, 9.17) is 4.74 Å². The molecule has 1 aromatic carbocycles. The van der Waals surface area contributed by atoms with Crippen molar-refractivity contribution in [2.75, 3.05) is 0 Å². The van der Waals surface area contributed by atoms with Crippen LogP contribution >= 0.6 is 0 Å². The first-order chi connectivity index (χ1) is 10.7. The summed E-state index contributed by atoms with van der Waals surface area (Å²) in [7, 11) is 1.49. The Morgan fingerprint density at radius 1 is 1.32 bits per heavy atom. The summed E-state index contributed by atoms with van der Waals surface area (Å²) in [4.78, 5) is 12.0. The average Bonchev–Trinajstić information content (AvgIpc) is 3.16. The summed E-state index contributed by atoms with van der Waals surface area (Å²) in [5.41, 5.74) is 0.975. The van der Waals surface area contributed by atoms with Gasteiger partial charge in [0.25, 0.3) is 0 Å². The minimum atomic E-state index is -0.676. The highest BCUT2D eigenvalue weighted by molar-refractivity contribution is 5.45. The number of alkyl halides is 1. The van der Waals surface area contributed by atoms with Crippen molar-refractivity contribution in [3.8, 4) is 11.6 Å². The van der Waals surface area contributed by atoms with E-state index in [0.29, 0.717) is 22.7 Å². The Morgan fingerprint density at radius 3 is 2.82 bits per heavy atom. The molecule has 0 radical (unpaired) electrons. The van der Waals surface area contributed by atoms with E-state index < -0.39 is 12.4 Å². The van der Waals surface area contributed by atoms with Crippen LogP contribution in [0.25, 0.3) is 5.69 Å². The summed E-state index contributed by atoms with van der Waals surface area (Å²) < 4.78 is 21.0. The van der Waals surface area contributed by atoms with Gasteiger partial charge in [0.15, 0.2) is 0 Å². The Balaban J connectivity index is 2.02. The van der Waals surface area contributed by atoms with Crippen LogP contribution in [0, 0.1) is 0 Å². The lowest BCUT2D eigenvalue weighted by atomic mass is 10.1. The second-order valence-electron chi connectivity index (χ2n) is 4.55. The van der Waals surface area contributed by atoms with Crippen molar-refractivity contribution in [3.63, 3.8) is 0 Å². The lowest BCUT2D eigenvalue weighted by molar-refractivity contribution is 0.290. The molecule has 114 valence electrons. The van der Waals surface area contributed by atoms with Gasteiger partial charge in [-0.05, 0) is 22.1 Å². The number of tetrazole rings is 1. The number of H-pyrrole nitrogens is 1. The lowest BCUT2D eigenvalue weighted by Crippen LogP contribution is -2.23. The minimum Gasteiger partial charge on any atom is -0.473 e. The average molecular weight is 304 g/mol. The summed E-state index contributed by atoms with van der Waals surface area (Å²) in [5, 5.41) is 13.9. The molecule has 2 aromatic heterocycles. The molecule has 0 spiro atoms. The largest absolute Gasteiger partial charge is 0.473 e. The fourth-order valence-corrected chi connectivity index (χ4v) is 2.05. The van der Waals surface area contributed by atoms with Gasteiger partial charge in [-0.1, -0.05) is 12.1 Å². The van der Waals surface area contributed by atoms with Gasteiger partial charge in [0.05, 0.1) is 11.9 Å². The Bertz CT molecular complexity index is 823. The maximum Gasteiger partial charge on any atom is 0.368 e. The summed E-state index contributed by atoms with van der Waals surface area (Å²) in [6.45, 7) is -0.606. The molecule has 8 nitrogen and oxygen atoms in total. The molecular formula is C13H13FN6O2. The Labute approximate surface area is 124 Å². The van der Waals surface area contributed by atoms with Crippen LogP contribution in [0.4, 0.5) is 4.39 Å². The van der Waals surface area contributed by atoms with E-state index in [1.165, 1.54) is 7.05 Å². The molecule has 0 aliphatic carbocycles. The van der Waals surface area contributed by atoms with E-state index in [1.54, 1.807) is 30.5 Å². The van der Waals surface area contributed by atoms with Gasteiger partial charge in [-0.2, -0.15) is 14.5 Å². The number of nitrogens with one attached hydrogen (secondary N) is 1. The fraction of sp³-hybridized carbons (Fsp3) is 0.231. The molecule has 0 amide bonds. The number of nitrogens with zero attached hydrogens (tertiary/aromatic N) is 5. The van der Waals surface area contributed by atoms with E-state index in [9.17, 15) is 9.18 Å². The quantitative estimate of drug-likeness (QED) is 0.750. The molecule has 0 fully saturated rings. The third-order valence-electron chi connectivity index (χ3n) is 3.19. The predicted molar refractivity (Wildman–Crippen MR) is 74.3 cm³/mol. The van der Waals surface area contributed by atoms with Crippen molar-refractivity contribution < 1.29 is 9.13 Å². The Hall–Kier alpha value is -2.97. The van der Waals surface area contributed by atoms with Crippen molar-refractivity contribution in [1.82, 2.24) is 30.0 Å². The number of halogens is 1. The summed E-state index contributed by atoms with van der Waals surface area (Å²) in [6.07, 6.45) is 1.55. The number of aromatic amines is 1. The van der Waals surface area contributed by atoms with E-state index >= 15 is 0 Å². The minimum absolute atomic E-state index is 0.0701. The topological polar surface area (TPSA) is 90.6 Å². The standard InChI is InChI=1S/C13H13FN6O2/c1-19-13(21)20(18-17-19)11-4-2-3-9(7-14)10(11)8-22-12-5-6-15-16-12/h2-6H,7-8H2,1H3,(H,15,16). The first-order valence-electron chi connectivity index (χ1n) is 6.49. The highest BCUT2D eigenvalue weighted by Crippen LogP contribution is 2.20. The number of aromatic nitrogens is 6. The molecule has 0 saturated heterocycles. The molecule has 3 aromatic rings. The fourth-order valence-electron chi connectivity index (χ4n) is 2.05. The van der Waals surface area contributed by atoms with Gasteiger partial charge in [-0.15, -0.1) is 0 Å². The van der Waals surface area contributed by atoms with Gasteiger partial charge >= 0.3 is 5.69 Å². The van der Waals surface area contributed by atoms with Gasteiger partial charge < -0.3 is 4.74 Å². The normalized spacial score (nSPS) is 10.8. The van der Waals surface area contributed by atoms with Gasteiger partial charge in [-0.3, -0.25) is 0 Å². The smallest absolute Gasteiger partial charge is 0.368 e. The third-order valence-corrected chi connectivity index (χ3v) is 3.19. The number of ether oxygens (including phenoxy) is 1. The summed E-state index contributed by atoms with van der Waals surface area (Å²) >= 11 is 0. The van der Waals surface area contributed by atoms with E-state index in [1.807, 2.05) is 0 Å². The molecule has 0 aliphatic rings. The Morgan fingerprint density at radius 2 is 2.18 bits per heavy atom. The molecule has 3 rings (SSSR count). The summed E-state index contributed by atoms with van der Waals surface area (Å²) in [5.74, 6) is 0.450. The van der Waals surface area contributed by atoms with Crippen LogP contribution in [0.3, 0.4) is 0 Å². The van der Waals surface area contributed by atoms with Crippen molar-refractivity contribution in [2.24, 2.45) is 7.05 Å². The maximum atomic E-state index is 13.2. The van der Waals surface area contributed by atoms with Gasteiger partial charge in [0.2, 0.25) is 5.88 Å². The van der Waals surface area contributed by atoms with Crippen LogP contribution in [-0.2, 0) is 20.3 Å². The van der Waals surface area contributed by atoms with E-state index in [2.05, 4.69) is 20.6 Å². The number of aryl methyl sites for hydroxylation is 1.